The highest BCUT2D eigenvalue weighted by Gasteiger charge is 2.28. The Kier molecular flexibility index (Phi) is 5.28. The average Bonchev–Trinajstić information content (AvgIpc) is 2.97. The first kappa shape index (κ1) is 15.0. The van der Waals surface area contributed by atoms with Crippen LogP contribution in [-0.4, -0.2) is 49.1 Å². The van der Waals surface area contributed by atoms with Crippen LogP contribution in [0.5, 0.6) is 0 Å². The largest absolute Gasteiger partial charge is 0.330 e. The fourth-order valence-electron chi connectivity index (χ4n) is 3.97. The van der Waals surface area contributed by atoms with Crippen LogP contribution in [0.2, 0.25) is 0 Å². The second-order valence-corrected chi connectivity index (χ2v) is 6.75. The number of rotatable bonds is 5. The van der Waals surface area contributed by atoms with Crippen LogP contribution in [0.3, 0.4) is 0 Å². The van der Waals surface area contributed by atoms with Crippen molar-refractivity contribution in [1.82, 2.24) is 9.80 Å². The van der Waals surface area contributed by atoms with Gasteiger partial charge in [-0.3, -0.25) is 4.90 Å². The van der Waals surface area contributed by atoms with Gasteiger partial charge in [0.25, 0.3) is 0 Å². The Hall–Kier alpha value is -0.900. The van der Waals surface area contributed by atoms with Crippen molar-refractivity contribution in [3.8, 4) is 0 Å². The molecular weight excluding hydrogens is 258 g/mol. The molecule has 3 nitrogen and oxygen atoms in total. The van der Waals surface area contributed by atoms with Crippen molar-refractivity contribution in [3.63, 3.8) is 0 Å². The molecule has 3 rings (SSSR count). The molecule has 0 spiro atoms. The summed E-state index contributed by atoms with van der Waals surface area (Å²) in [6.07, 6.45) is 4.14. The number of hydrogen-bond donors (Lipinski definition) is 1. The third-order valence-corrected chi connectivity index (χ3v) is 5.33. The molecule has 2 N–H and O–H groups in total. The van der Waals surface area contributed by atoms with Crippen molar-refractivity contribution in [2.75, 3.05) is 39.3 Å². The van der Waals surface area contributed by atoms with E-state index in [1.54, 1.807) is 0 Å². The maximum atomic E-state index is 5.91. The van der Waals surface area contributed by atoms with Crippen molar-refractivity contribution in [2.24, 2.45) is 17.6 Å². The number of piperazine rings is 1. The second-order valence-electron chi connectivity index (χ2n) is 6.75. The van der Waals surface area contributed by atoms with Gasteiger partial charge in [0.2, 0.25) is 0 Å². The van der Waals surface area contributed by atoms with Crippen molar-refractivity contribution in [2.45, 2.75) is 25.8 Å². The van der Waals surface area contributed by atoms with E-state index >= 15 is 0 Å². The van der Waals surface area contributed by atoms with Gasteiger partial charge in [-0.15, -0.1) is 0 Å². The van der Waals surface area contributed by atoms with Gasteiger partial charge in [-0.1, -0.05) is 36.8 Å². The summed E-state index contributed by atoms with van der Waals surface area (Å²) in [7, 11) is 0. The topological polar surface area (TPSA) is 32.5 Å². The van der Waals surface area contributed by atoms with Crippen LogP contribution in [0.1, 0.15) is 24.8 Å². The Balaban J connectivity index is 1.43. The SMILES string of the molecule is NCC1CCCC1CN1CCN(Cc2ccccc2)CC1. The van der Waals surface area contributed by atoms with Gasteiger partial charge < -0.3 is 10.6 Å². The molecule has 116 valence electrons. The lowest BCUT2D eigenvalue weighted by Gasteiger charge is -2.36. The summed E-state index contributed by atoms with van der Waals surface area (Å²) in [5, 5.41) is 0. The smallest absolute Gasteiger partial charge is 0.0234 e. The Morgan fingerprint density at radius 3 is 2.29 bits per heavy atom. The van der Waals surface area contributed by atoms with Gasteiger partial charge in [0.05, 0.1) is 0 Å². The number of hydrogen-bond acceptors (Lipinski definition) is 3. The molecule has 1 heterocycles. The summed E-state index contributed by atoms with van der Waals surface area (Å²) in [4.78, 5) is 5.25. The zero-order valence-corrected chi connectivity index (χ0v) is 13.1. The van der Waals surface area contributed by atoms with Crippen LogP contribution < -0.4 is 5.73 Å². The monoisotopic (exact) mass is 287 g/mol. The van der Waals surface area contributed by atoms with Gasteiger partial charge in [0.1, 0.15) is 0 Å². The third kappa shape index (κ3) is 4.06. The molecule has 0 radical (unpaired) electrons. The molecule has 0 bridgehead atoms. The molecule has 1 saturated carbocycles. The van der Waals surface area contributed by atoms with Crippen molar-refractivity contribution in [1.29, 1.82) is 0 Å². The fourth-order valence-corrected chi connectivity index (χ4v) is 3.97. The first-order valence-corrected chi connectivity index (χ1v) is 8.54. The van der Waals surface area contributed by atoms with Crippen LogP contribution >= 0.6 is 0 Å². The highest BCUT2D eigenvalue weighted by molar-refractivity contribution is 5.14. The lowest BCUT2D eigenvalue weighted by Crippen LogP contribution is -2.47. The van der Waals surface area contributed by atoms with E-state index in [4.69, 9.17) is 5.73 Å². The number of nitrogens with two attached hydrogens (primary N) is 1. The minimum Gasteiger partial charge on any atom is -0.330 e. The molecule has 0 aromatic heterocycles. The first-order chi connectivity index (χ1) is 10.3. The Morgan fingerprint density at radius 1 is 0.905 bits per heavy atom. The van der Waals surface area contributed by atoms with Gasteiger partial charge >= 0.3 is 0 Å². The summed E-state index contributed by atoms with van der Waals surface area (Å²) in [6.45, 7) is 8.12. The van der Waals surface area contributed by atoms with Gasteiger partial charge in [0, 0.05) is 39.3 Å². The Bertz CT molecular complexity index is 412. The van der Waals surface area contributed by atoms with Crippen molar-refractivity contribution in [3.05, 3.63) is 35.9 Å². The van der Waals surface area contributed by atoms with E-state index < -0.39 is 0 Å². The minimum atomic E-state index is 0.785. The van der Waals surface area contributed by atoms with Gasteiger partial charge in [0.15, 0.2) is 0 Å². The molecular formula is C18H29N3. The molecule has 1 aromatic rings. The zero-order chi connectivity index (χ0) is 14.5. The lowest BCUT2D eigenvalue weighted by molar-refractivity contribution is 0.106. The standard InChI is InChI=1S/C18H29N3/c19-13-17-7-4-8-18(17)15-21-11-9-20(10-12-21)14-16-5-2-1-3-6-16/h1-3,5-6,17-18H,4,7-15,19H2. The van der Waals surface area contributed by atoms with E-state index in [2.05, 4.69) is 40.1 Å². The molecule has 3 heteroatoms. The average molecular weight is 287 g/mol. The van der Waals surface area contributed by atoms with Crippen LogP contribution in [-0.2, 0) is 6.54 Å². The fraction of sp³-hybridized carbons (Fsp3) is 0.667. The number of nitrogens with zero attached hydrogens (tertiary/aromatic N) is 2. The quantitative estimate of drug-likeness (QED) is 0.901. The van der Waals surface area contributed by atoms with Gasteiger partial charge in [-0.05, 0) is 36.8 Å². The molecule has 1 saturated heterocycles. The van der Waals surface area contributed by atoms with E-state index in [1.165, 1.54) is 57.5 Å². The molecule has 2 fully saturated rings. The summed E-state index contributed by atoms with van der Waals surface area (Å²) < 4.78 is 0. The predicted octanol–water partition coefficient (Wildman–Crippen LogP) is 2.18. The maximum Gasteiger partial charge on any atom is 0.0234 e. The highest BCUT2D eigenvalue weighted by atomic mass is 15.3. The summed E-state index contributed by atoms with van der Waals surface area (Å²) in [6, 6.07) is 10.8. The summed E-state index contributed by atoms with van der Waals surface area (Å²) in [5.41, 5.74) is 7.35. The molecule has 2 atom stereocenters. The van der Waals surface area contributed by atoms with Gasteiger partial charge in [-0.2, -0.15) is 0 Å². The Labute approximate surface area is 129 Å². The van der Waals surface area contributed by atoms with Crippen LogP contribution in [0.4, 0.5) is 0 Å². The summed E-state index contributed by atoms with van der Waals surface area (Å²) in [5.74, 6) is 1.64. The zero-order valence-electron chi connectivity index (χ0n) is 13.1. The molecule has 1 aromatic carbocycles. The maximum absolute atomic E-state index is 5.91. The molecule has 1 aliphatic carbocycles. The van der Waals surface area contributed by atoms with Crippen molar-refractivity contribution < 1.29 is 0 Å². The van der Waals surface area contributed by atoms with Gasteiger partial charge in [-0.25, -0.2) is 0 Å². The normalized spacial score (nSPS) is 28.0. The predicted molar refractivity (Wildman–Crippen MR) is 88.0 cm³/mol. The van der Waals surface area contributed by atoms with Crippen LogP contribution in [0.15, 0.2) is 30.3 Å². The van der Waals surface area contributed by atoms with E-state index in [-0.39, 0.29) is 0 Å². The second kappa shape index (κ2) is 7.39. The minimum absolute atomic E-state index is 0.785. The van der Waals surface area contributed by atoms with E-state index in [0.717, 1.165) is 24.9 Å². The summed E-state index contributed by atoms with van der Waals surface area (Å²) >= 11 is 0. The van der Waals surface area contributed by atoms with E-state index in [9.17, 15) is 0 Å². The van der Waals surface area contributed by atoms with E-state index in [1.807, 2.05) is 0 Å². The van der Waals surface area contributed by atoms with Crippen LogP contribution in [0.25, 0.3) is 0 Å². The molecule has 21 heavy (non-hydrogen) atoms. The number of benzene rings is 1. The lowest BCUT2D eigenvalue weighted by atomic mass is 9.95. The molecule has 1 aliphatic heterocycles. The van der Waals surface area contributed by atoms with Crippen LogP contribution in [0, 0.1) is 11.8 Å². The third-order valence-electron chi connectivity index (χ3n) is 5.33. The first-order valence-electron chi connectivity index (χ1n) is 8.54. The molecule has 2 unspecified atom stereocenters. The highest BCUT2D eigenvalue weighted by Crippen LogP contribution is 2.31. The van der Waals surface area contributed by atoms with E-state index in [0.29, 0.717) is 0 Å². The Morgan fingerprint density at radius 2 is 1.57 bits per heavy atom. The molecule has 2 aliphatic rings. The molecule has 0 amide bonds. The van der Waals surface area contributed by atoms with Crippen molar-refractivity contribution >= 4 is 0 Å².